The van der Waals surface area contributed by atoms with Gasteiger partial charge in [-0.05, 0) is 32.3 Å². The molecule has 0 aliphatic carbocycles. The highest BCUT2D eigenvalue weighted by Crippen LogP contribution is 2.12. The number of hydrogen-bond donors (Lipinski definition) is 2. The Labute approximate surface area is 161 Å². The third-order valence-electron chi connectivity index (χ3n) is 3.48. The van der Waals surface area contributed by atoms with Gasteiger partial charge in [-0.1, -0.05) is 26.0 Å². The van der Waals surface area contributed by atoms with Gasteiger partial charge >= 0.3 is 0 Å². The second-order valence-electron chi connectivity index (χ2n) is 7.99. The van der Waals surface area contributed by atoms with E-state index in [4.69, 9.17) is 0 Å². The van der Waals surface area contributed by atoms with Crippen molar-refractivity contribution in [2.45, 2.75) is 46.7 Å². The van der Waals surface area contributed by atoms with E-state index < -0.39 is 4.92 Å². The molecule has 1 rings (SSSR count). The van der Waals surface area contributed by atoms with E-state index >= 15 is 0 Å². The third-order valence-corrected chi connectivity index (χ3v) is 3.48. The normalized spacial score (nSPS) is 12.0. The summed E-state index contributed by atoms with van der Waals surface area (Å²) in [6, 6.07) is 6.31. The minimum absolute atomic E-state index is 0.0526. The Morgan fingerprint density at radius 3 is 2.33 bits per heavy atom. The van der Waals surface area contributed by atoms with Gasteiger partial charge in [-0.3, -0.25) is 14.9 Å². The summed E-state index contributed by atoms with van der Waals surface area (Å²) in [5.74, 6) is 0.955. The minimum atomic E-state index is -0.426. The number of guanidine groups is 1. The summed E-state index contributed by atoms with van der Waals surface area (Å²) < 4.78 is 0. The number of carbonyl (C=O) groups is 1. The van der Waals surface area contributed by atoms with E-state index in [1.807, 2.05) is 27.8 Å². The Morgan fingerprint density at radius 1 is 1.26 bits per heavy atom. The predicted molar refractivity (Wildman–Crippen MR) is 108 cm³/mol. The average Bonchev–Trinajstić information content (AvgIpc) is 2.52. The van der Waals surface area contributed by atoms with E-state index in [1.54, 1.807) is 17.0 Å². The molecule has 0 radical (unpaired) electrons. The smallest absolute Gasteiger partial charge is 0.269 e. The van der Waals surface area contributed by atoms with Gasteiger partial charge < -0.3 is 15.5 Å². The Hall–Kier alpha value is -2.64. The van der Waals surface area contributed by atoms with E-state index in [2.05, 4.69) is 29.5 Å². The highest BCUT2D eigenvalue weighted by molar-refractivity contribution is 5.86. The van der Waals surface area contributed by atoms with Crippen LogP contribution >= 0.6 is 0 Å². The number of benzene rings is 1. The monoisotopic (exact) mass is 377 g/mol. The molecule has 0 fully saturated rings. The molecule has 1 amide bonds. The van der Waals surface area contributed by atoms with Gasteiger partial charge in [0.2, 0.25) is 5.91 Å². The van der Waals surface area contributed by atoms with Crippen LogP contribution in [0.5, 0.6) is 0 Å². The lowest BCUT2D eigenvalue weighted by Gasteiger charge is -2.26. The zero-order valence-electron chi connectivity index (χ0n) is 17.1. The molecule has 0 heterocycles. The van der Waals surface area contributed by atoms with Gasteiger partial charge in [-0.2, -0.15) is 0 Å². The lowest BCUT2D eigenvalue weighted by Crippen LogP contribution is -2.49. The number of nitro groups is 1. The van der Waals surface area contributed by atoms with Crippen molar-refractivity contribution in [2.75, 3.05) is 20.1 Å². The molecule has 0 aliphatic heterocycles. The molecular weight excluding hydrogens is 346 g/mol. The molecule has 0 spiro atoms. The predicted octanol–water partition coefficient (Wildman–Crippen LogP) is 2.54. The number of carbonyl (C=O) groups excluding carboxylic acids is 1. The van der Waals surface area contributed by atoms with Crippen molar-refractivity contribution >= 4 is 17.6 Å². The summed E-state index contributed by atoms with van der Waals surface area (Å²) in [5, 5.41) is 16.9. The molecule has 8 nitrogen and oxygen atoms in total. The number of amides is 1. The Bertz CT molecular complexity index is 663. The number of rotatable bonds is 7. The SMILES string of the molecule is CC(C)CNC(=NCc1ccc([N+](=O)[O-])cc1)N(C)CC(=O)NC(C)(C)C. The molecule has 0 atom stereocenters. The van der Waals surface area contributed by atoms with E-state index in [1.165, 1.54) is 12.1 Å². The number of non-ortho nitro benzene ring substituents is 1. The molecule has 0 aliphatic rings. The lowest BCUT2D eigenvalue weighted by atomic mass is 10.1. The van der Waals surface area contributed by atoms with Crippen LogP contribution in [0.25, 0.3) is 0 Å². The molecule has 27 heavy (non-hydrogen) atoms. The van der Waals surface area contributed by atoms with Crippen molar-refractivity contribution < 1.29 is 9.72 Å². The first-order valence-corrected chi connectivity index (χ1v) is 9.01. The van der Waals surface area contributed by atoms with Gasteiger partial charge in [-0.15, -0.1) is 0 Å². The number of aliphatic imine (C=N–C) groups is 1. The number of likely N-dealkylation sites (N-methyl/N-ethyl adjacent to an activating group) is 1. The van der Waals surface area contributed by atoms with Crippen LogP contribution in [-0.4, -0.2) is 47.4 Å². The molecular formula is C19H31N5O3. The summed E-state index contributed by atoms with van der Waals surface area (Å²) in [5.41, 5.74) is 0.619. The van der Waals surface area contributed by atoms with Crippen LogP contribution in [0.4, 0.5) is 5.69 Å². The fraction of sp³-hybridized carbons (Fsp3) is 0.579. The minimum Gasteiger partial charge on any atom is -0.356 e. The Morgan fingerprint density at radius 2 is 1.85 bits per heavy atom. The molecule has 0 unspecified atom stereocenters. The summed E-state index contributed by atoms with van der Waals surface area (Å²) in [6.07, 6.45) is 0. The number of nitrogens with one attached hydrogen (secondary N) is 2. The van der Waals surface area contributed by atoms with Gasteiger partial charge in [-0.25, -0.2) is 4.99 Å². The Balaban J connectivity index is 2.83. The second kappa shape index (κ2) is 9.89. The fourth-order valence-corrected chi connectivity index (χ4v) is 2.24. The first-order chi connectivity index (χ1) is 12.5. The molecule has 0 saturated heterocycles. The summed E-state index contributed by atoms with van der Waals surface area (Å²) in [6.45, 7) is 11.3. The van der Waals surface area contributed by atoms with Crippen LogP contribution in [0, 0.1) is 16.0 Å². The van der Waals surface area contributed by atoms with Gasteiger partial charge in [0.25, 0.3) is 5.69 Å². The zero-order valence-corrected chi connectivity index (χ0v) is 17.1. The Kier molecular flexibility index (Phi) is 8.21. The zero-order chi connectivity index (χ0) is 20.6. The lowest BCUT2D eigenvalue weighted by molar-refractivity contribution is -0.384. The first-order valence-electron chi connectivity index (χ1n) is 9.01. The van der Waals surface area contributed by atoms with Gasteiger partial charge in [0.15, 0.2) is 5.96 Å². The number of nitro benzene ring substituents is 1. The van der Waals surface area contributed by atoms with Crippen molar-refractivity contribution in [3.8, 4) is 0 Å². The van der Waals surface area contributed by atoms with Crippen molar-refractivity contribution in [1.82, 2.24) is 15.5 Å². The summed E-state index contributed by atoms with van der Waals surface area (Å²) >= 11 is 0. The molecule has 1 aromatic carbocycles. The molecule has 0 aromatic heterocycles. The van der Waals surface area contributed by atoms with Crippen LogP contribution in [0.3, 0.4) is 0 Å². The van der Waals surface area contributed by atoms with E-state index in [0.29, 0.717) is 18.4 Å². The second-order valence-corrected chi connectivity index (χ2v) is 7.99. The average molecular weight is 377 g/mol. The maximum absolute atomic E-state index is 12.2. The topological polar surface area (TPSA) is 99.9 Å². The maximum atomic E-state index is 12.2. The maximum Gasteiger partial charge on any atom is 0.269 e. The van der Waals surface area contributed by atoms with Crippen LogP contribution in [-0.2, 0) is 11.3 Å². The van der Waals surface area contributed by atoms with Crippen LogP contribution in [0.15, 0.2) is 29.3 Å². The first kappa shape index (κ1) is 22.4. The van der Waals surface area contributed by atoms with Crippen molar-refractivity contribution in [1.29, 1.82) is 0 Å². The van der Waals surface area contributed by atoms with Crippen LogP contribution in [0.1, 0.15) is 40.2 Å². The molecule has 150 valence electrons. The number of nitrogens with zero attached hydrogens (tertiary/aromatic N) is 3. The largest absolute Gasteiger partial charge is 0.356 e. The highest BCUT2D eigenvalue weighted by Gasteiger charge is 2.17. The van der Waals surface area contributed by atoms with Gasteiger partial charge in [0.1, 0.15) is 0 Å². The van der Waals surface area contributed by atoms with Gasteiger partial charge in [0.05, 0.1) is 18.0 Å². The molecule has 1 aromatic rings. The van der Waals surface area contributed by atoms with E-state index in [0.717, 1.165) is 12.1 Å². The van der Waals surface area contributed by atoms with Crippen LogP contribution < -0.4 is 10.6 Å². The van der Waals surface area contributed by atoms with Crippen molar-refractivity contribution in [3.05, 3.63) is 39.9 Å². The number of hydrogen-bond acceptors (Lipinski definition) is 4. The third kappa shape index (κ3) is 9.03. The molecule has 2 N–H and O–H groups in total. The van der Waals surface area contributed by atoms with E-state index in [9.17, 15) is 14.9 Å². The fourth-order valence-electron chi connectivity index (χ4n) is 2.24. The standard InChI is InChI=1S/C19H31N5O3/c1-14(2)11-20-18(23(6)13-17(25)22-19(3,4)5)21-12-15-7-9-16(10-8-15)24(26)27/h7-10,14H,11-13H2,1-6H3,(H,20,21)(H,22,25). The molecule has 0 bridgehead atoms. The van der Waals surface area contributed by atoms with Crippen molar-refractivity contribution in [2.24, 2.45) is 10.9 Å². The summed E-state index contributed by atoms with van der Waals surface area (Å²) in [7, 11) is 1.81. The van der Waals surface area contributed by atoms with Gasteiger partial charge in [0, 0.05) is 31.3 Å². The van der Waals surface area contributed by atoms with E-state index in [-0.39, 0.29) is 23.7 Å². The highest BCUT2D eigenvalue weighted by atomic mass is 16.6. The molecule has 8 heteroatoms. The van der Waals surface area contributed by atoms with Crippen LogP contribution in [0.2, 0.25) is 0 Å². The molecule has 0 saturated carbocycles. The van der Waals surface area contributed by atoms with Crippen molar-refractivity contribution in [3.63, 3.8) is 0 Å². The summed E-state index contributed by atoms with van der Waals surface area (Å²) in [4.78, 5) is 28.8. The quantitative estimate of drug-likeness (QED) is 0.329.